The molecule has 3 amide bonds. The molecule has 0 spiro atoms. The van der Waals surface area contributed by atoms with Gasteiger partial charge in [-0.15, -0.1) is 0 Å². The third-order valence-electron chi connectivity index (χ3n) is 4.19. The zero-order valence-corrected chi connectivity index (χ0v) is 14.2. The molecule has 3 N–H and O–H groups in total. The Balaban J connectivity index is 1.67. The van der Waals surface area contributed by atoms with Gasteiger partial charge in [-0.1, -0.05) is 24.3 Å². The van der Waals surface area contributed by atoms with Crippen molar-refractivity contribution >= 4 is 23.6 Å². The first-order chi connectivity index (χ1) is 12.6. The topological polar surface area (TPSA) is 96.5 Å². The number of methoxy groups -OCH3 is 1. The van der Waals surface area contributed by atoms with Crippen LogP contribution in [-0.4, -0.2) is 31.6 Å². The minimum Gasteiger partial charge on any atom is -0.453 e. The van der Waals surface area contributed by atoms with Crippen LogP contribution in [0.4, 0.5) is 10.5 Å². The maximum Gasteiger partial charge on any atom is 0.413 e. The van der Waals surface area contributed by atoms with E-state index in [-0.39, 0.29) is 11.5 Å². The Morgan fingerprint density at radius 3 is 2.54 bits per heavy atom. The molecule has 0 bridgehead atoms. The summed E-state index contributed by atoms with van der Waals surface area (Å²) in [7, 11) is 1.18. The zero-order chi connectivity index (χ0) is 18.5. The standard InChI is InChI=1S/C19H19N3O4/c1-26-19(25)22-17(23)13-6-8-14(9-7-13)21-18(24)16-15-5-3-2-4-12(15)10-11-20-16/h2-9,16,20H,10-11H2,1H3,(H,21,24)(H,22,23,25)/t16-/m1/s1. The molecule has 0 saturated carbocycles. The van der Waals surface area contributed by atoms with Crippen LogP contribution < -0.4 is 16.0 Å². The highest BCUT2D eigenvalue weighted by atomic mass is 16.5. The normalized spacial score (nSPS) is 15.5. The van der Waals surface area contributed by atoms with Crippen molar-refractivity contribution in [3.05, 3.63) is 65.2 Å². The zero-order valence-electron chi connectivity index (χ0n) is 14.2. The second kappa shape index (κ2) is 7.79. The Kier molecular flexibility index (Phi) is 5.28. The van der Waals surface area contributed by atoms with Crippen molar-refractivity contribution in [1.29, 1.82) is 0 Å². The van der Waals surface area contributed by atoms with Crippen LogP contribution in [0.15, 0.2) is 48.5 Å². The van der Waals surface area contributed by atoms with Gasteiger partial charge in [0.25, 0.3) is 5.91 Å². The van der Waals surface area contributed by atoms with E-state index in [1.54, 1.807) is 12.1 Å². The number of nitrogens with one attached hydrogen (secondary N) is 3. The van der Waals surface area contributed by atoms with E-state index in [1.807, 2.05) is 24.3 Å². The molecule has 2 aromatic rings. The van der Waals surface area contributed by atoms with Gasteiger partial charge < -0.3 is 15.4 Å². The second-order valence-corrected chi connectivity index (χ2v) is 5.85. The maximum absolute atomic E-state index is 12.6. The van der Waals surface area contributed by atoms with Crippen LogP contribution in [0.1, 0.15) is 27.5 Å². The summed E-state index contributed by atoms with van der Waals surface area (Å²) in [4.78, 5) is 35.5. The summed E-state index contributed by atoms with van der Waals surface area (Å²) in [6.07, 6.45) is 0.0682. The third kappa shape index (κ3) is 3.89. The van der Waals surface area contributed by atoms with Crippen molar-refractivity contribution in [2.24, 2.45) is 0 Å². The quantitative estimate of drug-likeness (QED) is 0.784. The molecule has 1 heterocycles. The lowest BCUT2D eigenvalue weighted by Gasteiger charge is -2.26. The molecule has 3 rings (SSSR count). The molecule has 1 atom stereocenters. The van der Waals surface area contributed by atoms with E-state index >= 15 is 0 Å². The fourth-order valence-electron chi connectivity index (χ4n) is 2.87. The van der Waals surface area contributed by atoms with Gasteiger partial charge in [0.05, 0.1) is 7.11 Å². The number of amides is 3. The maximum atomic E-state index is 12.6. The van der Waals surface area contributed by atoms with Crippen molar-refractivity contribution in [3.63, 3.8) is 0 Å². The first-order valence-electron chi connectivity index (χ1n) is 8.20. The predicted octanol–water partition coefficient (Wildman–Crippen LogP) is 2.01. The number of fused-ring (bicyclic) bond motifs is 1. The van der Waals surface area contributed by atoms with E-state index in [4.69, 9.17) is 0 Å². The highest BCUT2D eigenvalue weighted by molar-refractivity contribution is 6.03. The van der Waals surface area contributed by atoms with Crippen LogP contribution in [0, 0.1) is 0 Å². The third-order valence-corrected chi connectivity index (χ3v) is 4.19. The molecule has 0 aromatic heterocycles. The van der Waals surface area contributed by atoms with Gasteiger partial charge in [-0.05, 0) is 41.8 Å². The molecular formula is C19H19N3O4. The van der Waals surface area contributed by atoms with Gasteiger partial charge in [0.15, 0.2) is 0 Å². The molecule has 1 aliphatic rings. The minimum absolute atomic E-state index is 0.163. The summed E-state index contributed by atoms with van der Waals surface area (Å²) >= 11 is 0. The highest BCUT2D eigenvalue weighted by Crippen LogP contribution is 2.24. The number of ether oxygens (including phenoxy) is 1. The smallest absolute Gasteiger partial charge is 0.413 e. The summed E-state index contributed by atoms with van der Waals surface area (Å²) < 4.78 is 4.38. The van der Waals surface area contributed by atoms with E-state index in [2.05, 4.69) is 20.7 Å². The lowest BCUT2D eigenvalue weighted by atomic mass is 9.94. The van der Waals surface area contributed by atoms with Gasteiger partial charge in [-0.25, -0.2) is 4.79 Å². The van der Waals surface area contributed by atoms with Crippen molar-refractivity contribution in [1.82, 2.24) is 10.6 Å². The minimum atomic E-state index is -0.825. The van der Waals surface area contributed by atoms with Gasteiger partial charge in [0.1, 0.15) is 6.04 Å². The van der Waals surface area contributed by atoms with Gasteiger partial charge in [-0.3, -0.25) is 14.9 Å². The number of hydrogen-bond donors (Lipinski definition) is 3. The van der Waals surface area contributed by atoms with Crippen LogP contribution >= 0.6 is 0 Å². The van der Waals surface area contributed by atoms with E-state index < -0.39 is 18.0 Å². The Bertz CT molecular complexity index is 833. The first-order valence-corrected chi connectivity index (χ1v) is 8.20. The summed E-state index contributed by atoms with van der Waals surface area (Å²) in [5, 5.41) is 8.14. The SMILES string of the molecule is COC(=O)NC(=O)c1ccc(NC(=O)[C@@H]2NCCc3ccccc32)cc1. The van der Waals surface area contributed by atoms with Gasteiger partial charge in [0, 0.05) is 17.8 Å². The molecule has 134 valence electrons. The summed E-state index contributed by atoms with van der Waals surface area (Å²) in [6.45, 7) is 0.738. The van der Waals surface area contributed by atoms with Crippen LogP contribution in [-0.2, 0) is 16.0 Å². The molecule has 0 radical (unpaired) electrons. The number of hydrogen-bond acceptors (Lipinski definition) is 5. The summed E-state index contributed by atoms with van der Waals surface area (Å²) in [6, 6.07) is 13.7. The Labute approximate surface area is 150 Å². The number of alkyl carbamates (subject to hydrolysis) is 1. The summed E-state index contributed by atoms with van der Waals surface area (Å²) in [5.74, 6) is -0.735. The number of rotatable bonds is 3. The van der Waals surface area contributed by atoms with Gasteiger partial charge >= 0.3 is 6.09 Å². The van der Waals surface area contributed by atoms with E-state index in [1.165, 1.54) is 24.8 Å². The lowest BCUT2D eigenvalue weighted by molar-refractivity contribution is -0.118. The average Bonchev–Trinajstić information content (AvgIpc) is 2.67. The molecule has 1 aliphatic heterocycles. The van der Waals surface area contributed by atoms with Crippen LogP contribution in [0.25, 0.3) is 0 Å². The largest absolute Gasteiger partial charge is 0.453 e. The molecule has 0 aliphatic carbocycles. The van der Waals surface area contributed by atoms with Crippen LogP contribution in [0.3, 0.4) is 0 Å². The number of benzene rings is 2. The molecule has 0 unspecified atom stereocenters. The molecule has 7 heteroatoms. The number of carbonyl (C=O) groups is 3. The number of carbonyl (C=O) groups excluding carboxylic acids is 3. The lowest BCUT2D eigenvalue weighted by Crippen LogP contribution is -2.38. The van der Waals surface area contributed by atoms with Crippen molar-refractivity contribution in [3.8, 4) is 0 Å². The second-order valence-electron chi connectivity index (χ2n) is 5.85. The van der Waals surface area contributed by atoms with Crippen molar-refractivity contribution < 1.29 is 19.1 Å². The van der Waals surface area contributed by atoms with Gasteiger partial charge in [0.2, 0.25) is 5.91 Å². The fourth-order valence-corrected chi connectivity index (χ4v) is 2.87. The van der Waals surface area contributed by atoms with E-state index in [9.17, 15) is 14.4 Å². The first kappa shape index (κ1) is 17.6. The molecular weight excluding hydrogens is 334 g/mol. The Morgan fingerprint density at radius 1 is 1.08 bits per heavy atom. The molecule has 7 nitrogen and oxygen atoms in total. The van der Waals surface area contributed by atoms with Crippen LogP contribution in [0.5, 0.6) is 0 Å². The molecule has 0 fully saturated rings. The van der Waals surface area contributed by atoms with Crippen molar-refractivity contribution in [2.75, 3.05) is 19.0 Å². The van der Waals surface area contributed by atoms with Crippen LogP contribution in [0.2, 0.25) is 0 Å². The van der Waals surface area contributed by atoms with E-state index in [0.717, 1.165) is 18.5 Å². The average molecular weight is 353 g/mol. The molecule has 2 aromatic carbocycles. The highest BCUT2D eigenvalue weighted by Gasteiger charge is 2.25. The monoisotopic (exact) mass is 353 g/mol. The van der Waals surface area contributed by atoms with E-state index in [0.29, 0.717) is 5.69 Å². The number of imide groups is 1. The van der Waals surface area contributed by atoms with Gasteiger partial charge in [-0.2, -0.15) is 0 Å². The summed E-state index contributed by atoms with van der Waals surface area (Å²) in [5.41, 5.74) is 3.00. The number of anilines is 1. The van der Waals surface area contributed by atoms with Crippen molar-refractivity contribution in [2.45, 2.75) is 12.5 Å². The molecule has 0 saturated heterocycles. The molecule has 26 heavy (non-hydrogen) atoms. The Hall–Kier alpha value is -3.19. The Morgan fingerprint density at radius 2 is 1.81 bits per heavy atom. The predicted molar refractivity (Wildman–Crippen MR) is 95.8 cm³/mol. The fraction of sp³-hybridized carbons (Fsp3) is 0.211.